The molecule has 2 aromatic rings. The first-order chi connectivity index (χ1) is 12.3. The van der Waals surface area contributed by atoms with E-state index in [2.05, 4.69) is 20.7 Å². The molecule has 1 saturated heterocycles. The van der Waals surface area contributed by atoms with Crippen LogP contribution >= 0.6 is 15.9 Å². The molecular formula is C16H17BrN2O5S2. The number of benzene rings is 2. The third-order valence-corrected chi connectivity index (χ3v) is 7.85. The average molecular weight is 461 g/mol. The number of nitrogens with one attached hydrogen (secondary N) is 1. The van der Waals surface area contributed by atoms with Gasteiger partial charge in [-0.05, 0) is 52.3 Å². The van der Waals surface area contributed by atoms with E-state index in [-0.39, 0.29) is 22.9 Å². The predicted molar refractivity (Wildman–Crippen MR) is 101 cm³/mol. The second kappa shape index (κ2) is 7.65. The Morgan fingerprint density at radius 2 is 1.46 bits per heavy atom. The Kier molecular flexibility index (Phi) is 5.68. The van der Waals surface area contributed by atoms with Gasteiger partial charge in [0, 0.05) is 17.6 Å². The van der Waals surface area contributed by atoms with Crippen LogP contribution in [-0.2, 0) is 24.8 Å². The van der Waals surface area contributed by atoms with Crippen LogP contribution in [0.25, 0.3) is 0 Å². The maximum atomic E-state index is 12.6. The second-order valence-electron chi connectivity index (χ2n) is 5.57. The molecule has 1 aliphatic heterocycles. The first kappa shape index (κ1) is 19.3. The summed E-state index contributed by atoms with van der Waals surface area (Å²) >= 11 is 3.28. The molecule has 0 aliphatic carbocycles. The van der Waals surface area contributed by atoms with Crippen LogP contribution in [-0.4, -0.2) is 47.4 Å². The number of anilines is 1. The number of ether oxygens (including phenoxy) is 1. The molecule has 0 bridgehead atoms. The van der Waals surface area contributed by atoms with Gasteiger partial charge in [0.25, 0.3) is 10.0 Å². The summed E-state index contributed by atoms with van der Waals surface area (Å²) in [6.07, 6.45) is 0. The molecule has 1 N–H and O–H groups in total. The number of hydrogen-bond acceptors (Lipinski definition) is 5. The summed E-state index contributed by atoms with van der Waals surface area (Å²) in [7, 11) is -7.49. The van der Waals surface area contributed by atoms with E-state index in [1.165, 1.54) is 28.6 Å². The summed E-state index contributed by atoms with van der Waals surface area (Å²) in [5.41, 5.74) is 0.400. The summed E-state index contributed by atoms with van der Waals surface area (Å²) in [6, 6.07) is 12.0. The van der Waals surface area contributed by atoms with Crippen molar-refractivity contribution in [2.24, 2.45) is 0 Å². The van der Waals surface area contributed by atoms with E-state index >= 15 is 0 Å². The van der Waals surface area contributed by atoms with Gasteiger partial charge in [0.05, 0.1) is 28.7 Å². The van der Waals surface area contributed by atoms with Gasteiger partial charge in [0.15, 0.2) is 0 Å². The number of hydrogen-bond donors (Lipinski definition) is 1. The lowest BCUT2D eigenvalue weighted by Crippen LogP contribution is -2.40. The molecule has 26 heavy (non-hydrogen) atoms. The molecule has 3 rings (SSSR count). The van der Waals surface area contributed by atoms with Crippen LogP contribution in [0, 0.1) is 0 Å². The van der Waals surface area contributed by atoms with Crippen LogP contribution in [0.5, 0.6) is 0 Å². The largest absolute Gasteiger partial charge is 0.379 e. The molecule has 1 heterocycles. The van der Waals surface area contributed by atoms with Crippen molar-refractivity contribution in [3.63, 3.8) is 0 Å². The summed E-state index contributed by atoms with van der Waals surface area (Å²) in [4.78, 5) is 0.0356. The van der Waals surface area contributed by atoms with Crippen LogP contribution in [0.1, 0.15) is 0 Å². The molecule has 0 aromatic heterocycles. The summed E-state index contributed by atoms with van der Waals surface area (Å²) in [5.74, 6) is 0. The van der Waals surface area contributed by atoms with Crippen molar-refractivity contribution in [2.45, 2.75) is 9.79 Å². The average Bonchev–Trinajstić information content (AvgIpc) is 2.64. The maximum absolute atomic E-state index is 12.6. The smallest absolute Gasteiger partial charge is 0.261 e. The van der Waals surface area contributed by atoms with Gasteiger partial charge >= 0.3 is 0 Å². The fourth-order valence-corrected chi connectivity index (χ4v) is 5.48. The third-order valence-electron chi connectivity index (χ3n) is 3.86. The van der Waals surface area contributed by atoms with E-state index in [1.54, 1.807) is 24.3 Å². The van der Waals surface area contributed by atoms with Crippen LogP contribution in [0.4, 0.5) is 5.69 Å². The van der Waals surface area contributed by atoms with Gasteiger partial charge in [0.2, 0.25) is 10.0 Å². The minimum atomic E-state index is -3.83. The minimum Gasteiger partial charge on any atom is -0.379 e. The number of nitrogens with zero attached hydrogens (tertiary/aromatic N) is 1. The van der Waals surface area contributed by atoms with Crippen LogP contribution in [0.2, 0.25) is 0 Å². The Labute approximate surface area is 161 Å². The van der Waals surface area contributed by atoms with E-state index in [4.69, 9.17) is 4.74 Å². The lowest BCUT2D eigenvalue weighted by Gasteiger charge is -2.26. The van der Waals surface area contributed by atoms with Crippen molar-refractivity contribution >= 4 is 41.7 Å². The minimum absolute atomic E-state index is 0.0193. The zero-order chi connectivity index (χ0) is 18.8. The summed E-state index contributed by atoms with van der Waals surface area (Å²) in [6.45, 7) is 1.26. The molecule has 7 nitrogen and oxygen atoms in total. The monoisotopic (exact) mass is 460 g/mol. The van der Waals surface area contributed by atoms with Gasteiger partial charge in [-0.1, -0.05) is 12.1 Å². The van der Waals surface area contributed by atoms with Gasteiger partial charge in [-0.3, -0.25) is 4.72 Å². The van der Waals surface area contributed by atoms with Gasteiger partial charge in [0.1, 0.15) is 0 Å². The second-order valence-corrected chi connectivity index (χ2v) is 10.0. The highest BCUT2D eigenvalue weighted by Gasteiger charge is 2.26. The van der Waals surface area contributed by atoms with E-state index in [0.29, 0.717) is 23.4 Å². The topological polar surface area (TPSA) is 92.8 Å². The zero-order valence-electron chi connectivity index (χ0n) is 13.6. The zero-order valence-corrected chi connectivity index (χ0v) is 16.8. The van der Waals surface area contributed by atoms with Crippen LogP contribution in [0.15, 0.2) is 62.8 Å². The lowest BCUT2D eigenvalue weighted by atomic mass is 10.3. The Balaban J connectivity index is 1.83. The van der Waals surface area contributed by atoms with Crippen molar-refractivity contribution in [3.8, 4) is 0 Å². The third kappa shape index (κ3) is 4.09. The van der Waals surface area contributed by atoms with Crippen LogP contribution < -0.4 is 4.72 Å². The molecular weight excluding hydrogens is 444 g/mol. The molecule has 10 heteroatoms. The van der Waals surface area contributed by atoms with E-state index < -0.39 is 20.0 Å². The summed E-state index contributed by atoms with van der Waals surface area (Å²) < 4.78 is 59.8. The Morgan fingerprint density at radius 3 is 2.08 bits per heavy atom. The molecule has 0 spiro atoms. The van der Waals surface area contributed by atoms with Gasteiger partial charge < -0.3 is 4.74 Å². The maximum Gasteiger partial charge on any atom is 0.261 e. The Bertz CT molecular complexity index is 986. The first-order valence-electron chi connectivity index (χ1n) is 7.76. The van der Waals surface area contributed by atoms with Crippen molar-refractivity contribution in [1.29, 1.82) is 0 Å². The lowest BCUT2D eigenvalue weighted by molar-refractivity contribution is 0.0730. The predicted octanol–water partition coefficient (Wildman–Crippen LogP) is 2.27. The quantitative estimate of drug-likeness (QED) is 0.738. The first-order valence-corrected chi connectivity index (χ1v) is 11.5. The summed E-state index contributed by atoms with van der Waals surface area (Å²) in [5, 5.41) is 0. The fraction of sp³-hybridized carbons (Fsp3) is 0.250. The van der Waals surface area contributed by atoms with Crippen molar-refractivity contribution in [3.05, 3.63) is 53.0 Å². The number of halogens is 1. The molecule has 0 radical (unpaired) electrons. The highest BCUT2D eigenvalue weighted by Crippen LogP contribution is 2.25. The number of morpholine rings is 1. The van der Waals surface area contributed by atoms with Gasteiger partial charge in [-0.15, -0.1) is 0 Å². The van der Waals surface area contributed by atoms with E-state index in [9.17, 15) is 16.8 Å². The number of para-hydroxylation sites is 1. The SMILES string of the molecule is O=S(=O)(Nc1ccccc1Br)c1ccc(S(=O)(=O)N2CCOCC2)cc1. The normalized spacial score (nSPS) is 16.3. The molecule has 2 aromatic carbocycles. The number of rotatable bonds is 5. The highest BCUT2D eigenvalue weighted by atomic mass is 79.9. The fourth-order valence-electron chi connectivity index (χ4n) is 2.47. The van der Waals surface area contributed by atoms with Crippen molar-refractivity contribution < 1.29 is 21.6 Å². The molecule has 0 unspecified atom stereocenters. The van der Waals surface area contributed by atoms with E-state index in [1.807, 2.05) is 0 Å². The van der Waals surface area contributed by atoms with Crippen molar-refractivity contribution in [1.82, 2.24) is 4.31 Å². The molecule has 0 atom stereocenters. The van der Waals surface area contributed by atoms with Crippen molar-refractivity contribution in [2.75, 3.05) is 31.0 Å². The van der Waals surface area contributed by atoms with Gasteiger partial charge in [-0.2, -0.15) is 4.31 Å². The molecule has 0 saturated carbocycles. The molecule has 1 fully saturated rings. The molecule has 0 amide bonds. The van der Waals surface area contributed by atoms with Gasteiger partial charge in [-0.25, -0.2) is 16.8 Å². The van der Waals surface area contributed by atoms with Crippen LogP contribution in [0.3, 0.4) is 0 Å². The molecule has 140 valence electrons. The molecule has 1 aliphatic rings. The number of sulfonamides is 2. The Morgan fingerprint density at radius 1 is 0.885 bits per heavy atom. The van der Waals surface area contributed by atoms with E-state index in [0.717, 1.165) is 0 Å². The Hall–Kier alpha value is -1.46. The highest BCUT2D eigenvalue weighted by molar-refractivity contribution is 9.10. The standard InChI is InChI=1S/C16H17BrN2O5S2/c17-15-3-1-2-4-16(15)18-25(20,21)13-5-7-14(8-6-13)26(22,23)19-9-11-24-12-10-19/h1-8,18H,9-12H2.